The van der Waals surface area contributed by atoms with Crippen LogP contribution < -0.4 is 0 Å². The molecule has 0 heterocycles. The fourth-order valence-corrected chi connectivity index (χ4v) is 2.05. The van der Waals surface area contributed by atoms with Crippen molar-refractivity contribution < 1.29 is 19.4 Å². The summed E-state index contributed by atoms with van der Waals surface area (Å²) < 4.78 is 4.57. The minimum Gasteiger partial charge on any atom is -0.478 e. The number of carbonyl (C=O) groups excluding carboxylic acids is 1. The van der Waals surface area contributed by atoms with Crippen LogP contribution in [0.1, 0.15) is 27.6 Å². The van der Waals surface area contributed by atoms with Gasteiger partial charge in [-0.05, 0) is 24.0 Å². The van der Waals surface area contributed by atoms with E-state index in [1.54, 1.807) is 6.07 Å². The first-order chi connectivity index (χ1) is 7.60. The molecule has 86 valence electrons. The first-order valence-corrected chi connectivity index (χ1v) is 5.67. The molecule has 0 radical (unpaired) electrons. The van der Waals surface area contributed by atoms with Crippen molar-refractivity contribution in [3.05, 3.63) is 29.3 Å². The number of ether oxygens (including phenoxy) is 1. The number of thioether (sulfide) groups is 1. The minimum atomic E-state index is -0.993. The van der Waals surface area contributed by atoms with Crippen LogP contribution in [0.2, 0.25) is 0 Å². The van der Waals surface area contributed by atoms with Crippen LogP contribution in [0.15, 0.2) is 23.1 Å². The van der Waals surface area contributed by atoms with E-state index in [2.05, 4.69) is 4.74 Å². The smallest absolute Gasteiger partial charge is 0.337 e. The fourth-order valence-electron chi connectivity index (χ4n) is 1.22. The van der Waals surface area contributed by atoms with Gasteiger partial charge >= 0.3 is 11.9 Å². The molecule has 0 atom stereocenters. The van der Waals surface area contributed by atoms with Gasteiger partial charge < -0.3 is 9.84 Å². The van der Waals surface area contributed by atoms with E-state index >= 15 is 0 Å². The third-order valence-corrected chi connectivity index (χ3v) is 2.87. The third kappa shape index (κ3) is 2.76. The number of hydrogen-bond acceptors (Lipinski definition) is 4. The highest BCUT2D eigenvalue weighted by molar-refractivity contribution is 7.99. The zero-order valence-electron chi connectivity index (χ0n) is 9.02. The summed E-state index contributed by atoms with van der Waals surface area (Å²) in [6.07, 6.45) is 0. The summed E-state index contributed by atoms with van der Waals surface area (Å²) in [6, 6.07) is 4.42. The number of aromatic carboxylic acids is 1. The van der Waals surface area contributed by atoms with Crippen molar-refractivity contribution in [2.24, 2.45) is 0 Å². The maximum atomic E-state index is 11.3. The van der Waals surface area contributed by atoms with Gasteiger partial charge in [0.1, 0.15) is 0 Å². The number of benzene rings is 1. The van der Waals surface area contributed by atoms with E-state index < -0.39 is 11.9 Å². The lowest BCUT2D eigenvalue weighted by molar-refractivity contribution is 0.0598. The number of methoxy groups -OCH3 is 1. The highest BCUT2D eigenvalue weighted by atomic mass is 32.2. The van der Waals surface area contributed by atoms with Gasteiger partial charge in [0.05, 0.1) is 18.2 Å². The molecule has 1 aromatic rings. The molecule has 0 bridgehead atoms. The van der Waals surface area contributed by atoms with Crippen LogP contribution in [0.3, 0.4) is 0 Å². The highest BCUT2D eigenvalue weighted by Crippen LogP contribution is 2.24. The Balaban J connectivity index is 3.16. The summed E-state index contributed by atoms with van der Waals surface area (Å²) in [7, 11) is 1.29. The lowest BCUT2D eigenvalue weighted by atomic mass is 10.1. The quantitative estimate of drug-likeness (QED) is 0.646. The maximum absolute atomic E-state index is 11.3. The number of carboxylic acid groups (broad SMARTS) is 1. The Morgan fingerprint density at radius 1 is 1.44 bits per heavy atom. The molecule has 1 aromatic carbocycles. The van der Waals surface area contributed by atoms with Crippen molar-refractivity contribution in [2.75, 3.05) is 12.9 Å². The second-order valence-corrected chi connectivity index (χ2v) is 4.25. The van der Waals surface area contributed by atoms with Gasteiger partial charge in [-0.2, -0.15) is 0 Å². The van der Waals surface area contributed by atoms with Gasteiger partial charge in [0.2, 0.25) is 0 Å². The van der Waals surface area contributed by atoms with Crippen molar-refractivity contribution in [2.45, 2.75) is 11.8 Å². The Morgan fingerprint density at radius 2 is 2.12 bits per heavy atom. The molecule has 16 heavy (non-hydrogen) atoms. The van der Waals surface area contributed by atoms with Crippen molar-refractivity contribution in [1.82, 2.24) is 0 Å². The normalized spacial score (nSPS) is 9.88. The van der Waals surface area contributed by atoms with Crippen molar-refractivity contribution >= 4 is 23.7 Å². The fraction of sp³-hybridized carbons (Fsp3) is 0.273. The molecule has 0 aliphatic carbocycles. The van der Waals surface area contributed by atoms with Gasteiger partial charge in [0, 0.05) is 4.90 Å². The summed E-state index contributed by atoms with van der Waals surface area (Å²) in [5.41, 5.74) is 0.572. The van der Waals surface area contributed by atoms with Crippen LogP contribution in [0.4, 0.5) is 0 Å². The zero-order chi connectivity index (χ0) is 12.1. The van der Waals surface area contributed by atoms with Gasteiger partial charge in [-0.1, -0.05) is 6.92 Å². The molecular formula is C11H12O4S. The van der Waals surface area contributed by atoms with Crippen LogP contribution in [0.5, 0.6) is 0 Å². The van der Waals surface area contributed by atoms with Crippen molar-refractivity contribution in [1.29, 1.82) is 0 Å². The summed E-state index contributed by atoms with van der Waals surface area (Å²) in [4.78, 5) is 22.8. The molecule has 0 amide bonds. The monoisotopic (exact) mass is 240 g/mol. The maximum Gasteiger partial charge on any atom is 0.337 e. The Morgan fingerprint density at radius 3 is 2.62 bits per heavy atom. The van der Waals surface area contributed by atoms with Gasteiger partial charge in [0.25, 0.3) is 0 Å². The molecule has 0 unspecified atom stereocenters. The first-order valence-electron chi connectivity index (χ1n) is 4.68. The van der Waals surface area contributed by atoms with E-state index in [-0.39, 0.29) is 5.56 Å². The standard InChI is InChI=1S/C11H12O4S/c1-3-16-9-6-7(11(14)15-2)4-5-8(9)10(12)13/h4-6H,3H2,1-2H3,(H,12,13). The Labute approximate surface area is 97.6 Å². The molecule has 0 aromatic heterocycles. The van der Waals surface area contributed by atoms with E-state index in [4.69, 9.17) is 5.11 Å². The van der Waals surface area contributed by atoms with E-state index in [1.165, 1.54) is 31.0 Å². The largest absolute Gasteiger partial charge is 0.478 e. The van der Waals surface area contributed by atoms with Crippen LogP contribution in [-0.2, 0) is 4.74 Å². The van der Waals surface area contributed by atoms with E-state index in [1.807, 2.05) is 6.92 Å². The molecule has 0 spiro atoms. The van der Waals surface area contributed by atoms with E-state index in [0.29, 0.717) is 10.5 Å². The number of carboxylic acids is 1. The second-order valence-electron chi connectivity index (χ2n) is 2.94. The van der Waals surface area contributed by atoms with Crippen molar-refractivity contribution in [3.8, 4) is 0 Å². The highest BCUT2D eigenvalue weighted by Gasteiger charge is 2.13. The van der Waals surface area contributed by atoms with E-state index in [0.717, 1.165) is 5.75 Å². The number of esters is 1. The Hall–Kier alpha value is -1.49. The van der Waals surface area contributed by atoms with Gasteiger partial charge in [-0.3, -0.25) is 0 Å². The topological polar surface area (TPSA) is 63.6 Å². The number of hydrogen-bond donors (Lipinski definition) is 1. The first kappa shape index (κ1) is 12.6. The molecular weight excluding hydrogens is 228 g/mol. The van der Waals surface area contributed by atoms with Crippen LogP contribution >= 0.6 is 11.8 Å². The predicted octanol–water partition coefficient (Wildman–Crippen LogP) is 2.28. The molecule has 0 aliphatic heterocycles. The Kier molecular flexibility index (Phi) is 4.37. The molecule has 0 fully saturated rings. The molecule has 5 heteroatoms. The van der Waals surface area contributed by atoms with Crippen LogP contribution in [0, 0.1) is 0 Å². The molecule has 1 rings (SSSR count). The zero-order valence-corrected chi connectivity index (χ0v) is 9.84. The molecule has 0 aliphatic rings. The summed E-state index contributed by atoms with van der Waals surface area (Å²) in [6.45, 7) is 1.92. The third-order valence-electron chi connectivity index (χ3n) is 1.93. The Bertz CT molecular complexity index is 414. The van der Waals surface area contributed by atoms with Gasteiger partial charge in [-0.25, -0.2) is 9.59 Å². The average molecular weight is 240 g/mol. The molecule has 4 nitrogen and oxygen atoms in total. The molecule has 0 saturated heterocycles. The average Bonchev–Trinajstić information content (AvgIpc) is 2.28. The minimum absolute atomic E-state index is 0.208. The predicted molar refractivity (Wildman–Crippen MR) is 61.1 cm³/mol. The van der Waals surface area contributed by atoms with E-state index in [9.17, 15) is 9.59 Å². The van der Waals surface area contributed by atoms with Crippen LogP contribution in [-0.4, -0.2) is 29.9 Å². The number of carbonyl (C=O) groups is 2. The lowest BCUT2D eigenvalue weighted by Gasteiger charge is -2.06. The molecule has 0 saturated carbocycles. The van der Waals surface area contributed by atoms with Crippen molar-refractivity contribution in [3.63, 3.8) is 0 Å². The molecule has 1 N–H and O–H groups in total. The summed E-state index contributed by atoms with van der Waals surface area (Å²) in [5.74, 6) is -0.715. The second kappa shape index (κ2) is 5.55. The van der Waals surface area contributed by atoms with Gasteiger partial charge in [-0.15, -0.1) is 11.8 Å². The number of rotatable bonds is 4. The lowest BCUT2D eigenvalue weighted by Crippen LogP contribution is -2.05. The summed E-state index contributed by atoms with van der Waals surface area (Å²) >= 11 is 1.38. The van der Waals surface area contributed by atoms with Gasteiger partial charge in [0.15, 0.2) is 0 Å². The van der Waals surface area contributed by atoms with Crippen LogP contribution in [0.25, 0.3) is 0 Å². The SMILES string of the molecule is CCSc1cc(C(=O)OC)ccc1C(=O)O. The summed E-state index contributed by atoms with van der Waals surface area (Å²) in [5, 5.41) is 8.95.